The van der Waals surface area contributed by atoms with Crippen LogP contribution < -0.4 is 20.6 Å². The van der Waals surface area contributed by atoms with Crippen LogP contribution in [0.15, 0.2) is 66.7 Å². The topological polar surface area (TPSA) is 117 Å². The number of morpholine rings is 1. The third-order valence-electron chi connectivity index (χ3n) is 5.92. The molecule has 1 saturated heterocycles. The first-order valence-electron chi connectivity index (χ1n) is 11.5. The second-order valence-electron chi connectivity index (χ2n) is 8.61. The molecule has 0 radical (unpaired) electrons. The lowest BCUT2D eigenvalue weighted by Gasteiger charge is -2.36. The number of ether oxygens (including phenoxy) is 1. The molecule has 1 aliphatic rings. The number of hydrogen-bond donors (Lipinski definition) is 2. The molecule has 3 aromatic rings. The maximum atomic E-state index is 14.9. The van der Waals surface area contributed by atoms with E-state index in [4.69, 9.17) is 16.3 Å². The van der Waals surface area contributed by atoms with Crippen molar-refractivity contribution >= 4 is 53.0 Å². The van der Waals surface area contributed by atoms with E-state index >= 15 is 0 Å². The molecule has 3 aromatic carbocycles. The summed E-state index contributed by atoms with van der Waals surface area (Å²) in [5.74, 6) is -0.377. The van der Waals surface area contributed by atoms with Gasteiger partial charge in [-0.25, -0.2) is 4.67 Å². The molecule has 2 N–H and O–H groups in total. The number of anilines is 3. The highest BCUT2D eigenvalue weighted by molar-refractivity contribution is 7.71. The molecule has 37 heavy (non-hydrogen) atoms. The minimum Gasteiger partial charge on any atom is -0.379 e. The van der Waals surface area contributed by atoms with Gasteiger partial charge in [0, 0.05) is 61.3 Å². The standard InChI is InChI=1S/C25H27ClN5O5P/c1-29(2)22-11-12-24(23(17-22)27-25(32)18-3-5-19(26)6-4-18)37(35,30-13-15-36-16-14-30)28-20-7-9-21(10-8-20)31(33)34/h3-12,17H,13-16H2,1-2H3,(H,27,32)(H,28,35)/t37-/m0/s1. The third kappa shape index (κ3) is 6.11. The van der Waals surface area contributed by atoms with Crippen molar-refractivity contribution in [2.45, 2.75) is 0 Å². The van der Waals surface area contributed by atoms with Gasteiger partial charge in [-0.05, 0) is 54.6 Å². The van der Waals surface area contributed by atoms with Crippen LogP contribution in [-0.4, -0.2) is 55.9 Å². The van der Waals surface area contributed by atoms with Crippen LogP contribution in [0, 0.1) is 10.1 Å². The predicted molar refractivity (Wildman–Crippen MR) is 147 cm³/mol. The van der Waals surface area contributed by atoms with Crippen LogP contribution in [0.25, 0.3) is 0 Å². The van der Waals surface area contributed by atoms with Crippen molar-refractivity contribution in [1.82, 2.24) is 4.67 Å². The summed E-state index contributed by atoms with van der Waals surface area (Å²) in [6.07, 6.45) is 0. The lowest BCUT2D eigenvalue weighted by molar-refractivity contribution is -0.384. The first-order valence-corrected chi connectivity index (χ1v) is 13.6. The van der Waals surface area contributed by atoms with E-state index < -0.39 is 12.4 Å². The highest BCUT2D eigenvalue weighted by Crippen LogP contribution is 2.51. The van der Waals surface area contributed by atoms with Gasteiger partial charge in [0.2, 0.25) is 0 Å². The molecule has 0 saturated carbocycles. The van der Waals surface area contributed by atoms with Gasteiger partial charge in [0.1, 0.15) is 0 Å². The molecule has 0 unspecified atom stereocenters. The van der Waals surface area contributed by atoms with Crippen LogP contribution in [0.1, 0.15) is 10.4 Å². The zero-order valence-corrected chi connectivity index (χ0v) is 22.0. The van der Waals surface area contributed by atoms with Crippen LogP contribution in [-0.2, 0) is 9.30 Å². The maximum Gasteiger partial charge on any atom is 0.269 e. The summed E-state index contributed by atoms with van der Waals surface area (Å²) >= 11 is 5.97. The second kappa shape index (κ2) is 11.3. The Bertz CT molecular complexity index is 1330. The Morgan fingerprint density at radius 1 is 1.05 bits per heavy atom. The quantitative estimate of drug-likeness (QED) is 0.236. The van der Waals surface area contributed by atoms with Crippen molar-refractivity contribution in [1.29, 1.82) is 0 Å². The minimum atomic E-state index is -3.57. The van der Waals surface area contributed by atoms with E-state index in [-0.39, 0.29) is 11.6 Å². The van der Waals surface area contributed by atoms with Crippen LogP contribution in [0.5, 0.6) is 0 Å². The van der Waals surface area contributed by atoms with Gasteiger partial charge in [-0.15, -0.1) is 0 Å². The van der Waals surface area contributed by atoms with Crippen molar-refractivity contribution in [3.63, 3.8) is 0 Å². The van der Waals surface area contributed by atoms with Crippen molar-refractivity contribution in [3.05, 3.63) is 87.4 Å². The van der Waals surface area contributed by atoms with Gasteiger partial charge >= 0.3 is 0 Å². The fourth-order valence-electron chi connectivity index (χ4n) is 3.91. The average molecular weight is 544 g/mol. The van der Waals surface area contributed by atoms with Crippen LogP contribution in [0.4, 0.5) is 22.7 Å². The maximum absolute atomic E-state index is 14.9. The van der Waals surface area contributed by atoms with E-state index in [0.717, 1.165) is 5.69 Å². The molecule has 0 bridgehead atoms. The van der Waals surface area contributed by atoms with E-state index in [0.29, 0.717) is 53.6 Å². The monoisotopic (exact) mass is 543 g/mol. The number of hydrogen-bond acceptors (Lipinski definition) is 6. The third-order valence-corrected chi connectivity index (χ3v) is 8.98. The molecule has 4 rings (SSSR count). The summed E-state index contributed by atoms with van der Waals surface area (Å²) in [5, 5.41) is 18.1. The Morgan fingerprint density at radius 3 is 2.30 bits per heavy atom. The number of nitro benzene ring substituents is 1. The van der Waals surface area contributed by atoms with Crippen molar-refractivity contribution in [3.8, 4) is 0 Å². The number of non-ortho nitro benzene ring substituents is 1. The normalized spacial score (nSPS) is 15.4. The van der Waals surface area contributed by atoms with Gasteiger partial charge in [0.15, 0.2) is 0 Å². The average Bonchev–Trinajstić information content (AvgIpc) is 2.89. The van der Waals surface area contributed by atoms with Crippen LogP contribution >= 0.6 is 19.0 Å². The number of nitrogens with zero attached hydrogens (tertiary/aromatic N) is 3. The molecule has 1 atom stereocenters. The van der Waals surface area contributed by atoms with Crippen molar-refractivity contribution in [2.75, 3.05) is 55.7 Å². The molecule has 0 aliphatic carbocycles. The first-order chi connectivity index (χ1) is 17.7. The Balaban J connectivity index is 1.78. The number of rotatable bonds is 8. The van der Waals surface area contributed by atoms with E-state index in [1.54, 1.807) is 41.1 Å². The minimum absolute atomic E-state index is 0.0713. The highest BCUT2D eigenvalue weighted by Gasteiger charge is 2.37. The number of amides is 1. The van der Waals surface area contributed by atoms with Gasteiger partial charge in [-0.1, -0.05) is 11.6 Å². The van der Waals surface area contributed by atoms with Gasteiger partial charge in [-0.2, -0.15) is 0 Å². The lowest BCUT2D eigenvalue weighted by atomic mass is 10.2. The lowest BCUT2D eigenvalue weighted by Crippen LogP contribution is -2.39. The van der Waals surface area contributed by atoms with Gasteiger partial charge < -0.3 is 20.0 Å². The first kappa shape index (κ1) is 26.6. The number of carbonyl (C=O) groups excluding carboxylic acids is 1. The Morgan fingerprint density at radius 2 is 1.70 bits per heavy atom. The summed E-state index contributed by atoms with van der Waals surface area (Å²) in [7, 11) is 0.171. The molecule has 0 spiro atoms. The molecular weight excluding hydrogens is 517 g/mol. The summed E-state index contributed by atoms with van der Waals surface area (Å²) < 4.78 is 22.2. The fraction of sp³-hybridized carbons (Fsp3) is 0.240. The summed E-state index contributed by atoms with van der Waals surface area (Å²) in [6.45, 7) is 1.59. The van der Waals surface area contributed by atoms with E-state index in [1.807, 2.05) is 25.1 Å². The van der Waals surface area contributed by atoms with Crippen molar-refractivity contribution < 1.29 is 19.0 Å². The molecule has 10 nitrogen and oxygen atoms in total. The van der Waals surface area contributed by atoms with Crippen LogP contribution in [0.3, 0.4) is 0 Å². The molecule has 1 fully saturated rings. The SMILES string of the molecule is CN(C)c1ccc([P@](=O)(Nc2ccc([N+](=O)[O-])cc2)N2CCOCC2)c(NC(=O)c2ccc(Cl)cc2)c1. The van der Waals surface area contributed by atoms with Crippen LogP contribution in [0.2, 0.25) is 5.02 Å². The van der Waals surface area contributed by atoms with E-state index in [2.05, 4.69) is 10.4 Å². The second-order valence-corrected chi connectivity index (χ2v) is 11.5. The Kier molecular flexibility index (Phi) is 8.14. The molecule has 1 amide bonds. The molecule has 194 valence electrons. The summed E-state index contributed by atoms with van der Waals surface area (Å²) in [4.78, 5) is 25.6. The molecule has 12 heteroatoms. The zero-order chi connectivity index (χ0) is 26.6. The highest BCUT2D eigenvalue weighted by atomic mass is 35.5. The number of benzene rings is 3. The number of halogens is 1. The van der Waals surface area contributed by atoms with Gasteiger partial charge in [0.05, 0.1) is 29.1 Å². The van der Waals surface area contributed by atoms with E-state index in [9.17, 15) is 19.5 Å². The molecule has 1 aliphatic heterocycles. The van der Waals surface area contributed by atoms with Crippen molar-refractivity contribution in [2.24, 2.45) is 0 Å². The fourth-order valence-corrected chi connectivity index (χ4v) is 6.56. The van der Waals surface area contributed by atoms with Gasteiger partial charge in [0.25, 0.3) is 19.0 Å². The Hall–Kier alpha value is -3.43. The van der Waals surface area contributed by atoms with E-state index in [1.165, 1.54) is 24.3 Å². The zero-order valence-electron chi connectivity index (χ0n) is 20.4. The smallest absolute Gasteiger partial charge is 0.269 e. The number of nitro groups is 1. The number of nitrogens with one attached hydrogen (secondary N) is 2. The predicted octanol–water partition coefficient (Wildman–Crippen LogP) is 4.83. The Labute approximate surface area is 219 Å². The summed E-state index contributed by atoms with van der Waals surface area (Å²) in [5.41, 5.74) is 1.97. The number of carbonyl (C=O) groups is 1. The largest absolute Gasteiger partial charge is 0.379 e. The van der Waals surface area contributed by atoms with Gasteiger partial charge in [-0.3, -0.25) is 19.5 Å². The summed E-state index contributed by atoms with van der Waals surface area (Å²) in [6, 6.07) is 17.6. The molecular formula is C25H27ClN5O5P. The molecule has 1 heterocycles. The molecule has 0 aromatic heterocycles.